The molecule has 1 aliphatic heterocycles. The van der Waals surface area contributed by atoms with Gasteiger partial charge in [0.25, 0.3) is 11.8 Å². The average Bonchev–Trinajstić information content (AvgIpc) is 3.43. The maximum atomic E-state index is 13.5. The molecule has 2 aromatic heterocycles. The van der Waals surface area contributed by atoms with Crippen LogP contribution >= 0.6 is 11.3 Å². The van der Waals surface area contributed by atoms with Crippen molar-refractivity contribution >= 4 is 34.5 Å². The van der Waals surface area contributed by atoms with Crippen LogP contribution in [0.4, 0.5) is 15.8 Å². The molecule has 0 aliphatic carbocycles. The van der Waals surface area contributed by atoms with Crippen LogP contribution in [0.1, 0.15) is 31.8 Å². The minimum Gasteiger partial charge on any atom is -0.355 e. The molecule has 32 heavy (non-hydrogen) atoms. The fourth-order valence-corrected chi connectivity index (χ4v) is 4.67. The molecular weight excluding hydrogens is 429 g/mol. The SMILES string of the molecule is Cc1ccc(F)cc1C(=O)Nc1ccc(C(=O)N2CCc3cnoc3-c3sccc32)cc1. The first-order chi connectivity index (χ1) is 15.5. The molecular formula is C24H18FN3O3S. The van der Waals surface area contributed by atoms with Crippen LogP contribution in [0.25, 0.3) is 10.6 Å². The van der Waals surface area contributed by atoms with Gasteiger partial charge in [0.1, 0.15) is 5.82 Å². The summed E-state index contributed by atoms with van der Waals surface area (Å²) in [5, 5.41) is 8.57. The standard InChI is InChI=1S/C24H18FN3O3S/c1-14-2-5-17(25)12-19(14)23(29)27-18-6-3-15(4-7-18)24(30)28-10-8-16-13-26-31-21(16)22-20(28)9-11-32-22/h2-7,9,11-13H,8,10H2,1H3,(H,27,29). The number of carbonyl (C=O) groups is 2. The van der Waals surface area contributed by atoms with E-state index in [4.69, 9.17) is 4.52 Å². The lowest BCUT2D eigenvalue weighted by atomic mass is 10.1. The van der Waals surface area contributed by atoms with Gasteiger partial charge in [-0.2, -0.15) is 0 Å². The quantitative estimate of drug-likeness (QED) is 0.462. The molecule has 2 aromatic carbocycles. The van der Waals surface area contributed by atoms with E-state index < -0.39 is 11.7 Å². The van der Waals surface area contributed by atoms with Gasteiger partial charge in [-0.15, -0.1) is 11.3 Å². The predicted octanol–water partition coefficient (Wildman–Crippen LogP) is 5.31. The Morgan fingerprint density at radius 3 is 2.78 bits per heavy atom. The Hall–Kier alpha value is -3.78. The Balaban J connectivity index is 1.35. The minimum atomic E-state index is -0.468. The van der Waals surface area contributed by atoms with Crippen molar-refractivity contribution in [2.45, 2.75) is 13.3 Å². The van der Waals surface area contributed by atoms with Crippen molar-refractivity contribution in [2.75, 3.05) is 16.8 Å². The van der Waals surface area contributed by atoms with E-state index in [0.29, 0.717) is 29.8 Å². The van der Waals surface area contributed by atoms with Crippen molar-refractivity contribution in [1.82, 2.24) is 5.16 Å². The molecule has 1 aliphatic rings. The summed E-state index contributed by atoms with van der Waals surface area (Å²) < 4.78 is 18.9. The van der Waals surface area contributed by atoms with Gasteiger partial charge in [0, 0.05) is 28.9 Å². The summed E-state index contributed by atoms with van der Waals surface area (Å²) >= 11 is 1.51. The van der Waals surface area contributed by atoms with Crippen LogP contribution < -0.4 is 10.2 Å². The Labute approximate surface area is 187 Å². The van der Waals surface area contributed by atoms with Crippen molar-refractivity contribution in [3.63, 3.8) is 0 Å². The van der Waals surface area contributed by atoms with Gasteiger partial charge in [-0.25, -0.2) is 4.39 Å². The molecule has 160 valence electrons. The zero-order valence-corrected chi connectivity index (χ0v) is 17.9. The maximum Gasteiger partial charge on any atom is 0.258 e. The Morgan fingerprint density at radius 1 is 1.16 bits per heavy atom. The van der Waals surface area contributed by atoms with Crippen molar-refractivity contribution in [3.8, 4) is 10.6 Å². The molecule has 5 rings (SSSR count). The topological polar surface area (TPSA) is 75.4 Å². The normalized spacial score (nSPS) is 12.6. The molecule has 0 unspecified atom stereocenters. The first kappa shape index (κ1) is 20.1. The van der Waals surface area contributed by atoms with Gasteiger partial charge in [0.05, 0.1) is 16.8 Å². The average molecular weight is 447 g/mol. The van der Waals surface area contributed by atoms with Crippen LogP contribution in [0.3, 0.4) is 0 Å². The number of benzene rings is 2. The number of carbonyl (C=O) groups excluding carboxylic acids is 2. The number of nitrogens with zero attached hydrogens (tertiary/aromatic N) is 2. The van der Waals surface area contributed by atoms with Gasteiger partial charge in [-0.3, -0.25) is 9.59 Å². The van der Waals surface area contributed by atoms with E-state index in [2.05, 4.69) is 10.5 Å². The molecule has 6 nitrogen and oxygen atoms in total. The van der Waals surface area contributed by atoms with E-state index in [0.717, 1.165) is 21.9 Å². The molecule has 2 amide bonds. The van der Waals surface area contributed by atoms with Gasteiger partial charge in [0.2, 0.25) is 0 Å². The van der Waals surface area contributed by atoms with Crippen LogP contribution in [-0.4, -0.2) is 23.5 Å². The van der Waals surface area contributed by atoms with Crippen molar-refractivity contribution < 1.29 is 18.5 Å². The Morgan fingerprint density at radius 2 is 1.97 bits per heavy atom. The molecule has 0 spiro atoms. The number of anilines is 2. The number of nitrogens with one attached hydrogen (secondary N) is 1. The summed E-state index contributed by atoms with van der Waals surface area (Å²) in [6, 6.07) is 12.7. The van der Waals surface area contributed by atoms with Gasteiger partial charge in [0.15, 0.2) is 5.76 Å². The summed E-state index contributed by atoms with van der Waals surface area (Å²) in [7, 11) is 0. The van der Waals surface area contributed by atoms with Gasteiger partial charge in [-0.05, 0) is 66.8 Å². The fourth-order valence-electron chi connectivity index (χ4n) is 3.76. The molecule has 0 radical (unpaired) electrons. The zero-order valence-electron chi connectivity index (χ0n) is 17.1. The van der Waals surface area contributed by atoms with E-state index >= 15 is 0 Å². The third-order valence-corrected chi connectivity index (χ3v) is 6.37. The second kappa shape index (κ2) is 8.05. The van der Waals surface area contributed by atoms with Crippen LogP contribution in [0.15, 0.2) is 64.6 Å². The van der Waals surface area contributed by atoms with E-state index in [1.165, 1.54) is 23.5 Å². The Bertz CT molecular complexity index is 1330. The highest BCUT2D eigenvalue weighted by Gasteiger charge is 2.28. The number of aromatic nitrogens is 1. The van der Waals surface area contributed by atoms with Gasteiger partial charge in [-0.1, -0.05) is 11.2 Å². The first-order valence-corrected chi connectivity index (χ1v) is 10.9. The lowest BCUT2D eigenvalue weighted by Gasteiger charge is -2.21. The molecule has 0 bridgehead atoms. The molecule has 8 heteroatoms. The minimum absolute atomic E-state index is 0.137. The van der Waals surface area contributed by atoms with Crippen LogP contribution in [0, 0.1) is 12.7 Å². The van der Waals surface area contributed by atoms with Crippen molar-refractivity contribution in [3.05, 3.63) is 88.2 Å². The summed E-state index contributed by atoms with van der Waals surface area (Å²) in [6.07, 6.45) is 2.34. The number of halogens is 1. The van der Waals surface area contributed by atoms with Crippen LogP contribution in [0.5, 0.6) is 0 Å². The van der Waals surface area contributed by atoms with Crippen molar-refractivity contribution in [1.29, 1.82) is 0 Å². The molecule has 1 N–H and O–H groups in total. The molecule has 3 heterocycles. The second-order valence-corrected chi connectivity index (χ2v) is 8.43. The molecule has 4 aromatic rings. The predicted molar refractivity (Wildman–Crippen MR) is 121 cm³/mol. The largest absolute Gasteiger partial charge is 0.355 e. The lowest BCUT2D eigenvalue weighted by molar-refractivity contribution is 0.0986. The number of hydrogen-bond acceptors (Lipinski definition) is 5. The summed E-state index contributed by atoms with van der Waals surface area (Å²) in [5.74, 6) is -0.291. The maximum absolute atomic E-state index is 13.5. The number of rotatable bonds is 3. The molecule has 0 saturated carbocycles. The molecule has 0 atom stereocenters. The lowest BCUT2D eigenvalue weighted by Crippen LogP contribution is -2.32. The van der Waals surface area contributed by atoms with E-state index in [1.807, 2.05) is 11.4 Å². The monoisotopic (exact) mass is 447 g/mol. The second-order valence-electron chi connectivity index (χ2n) is 7.51. The summed E-state index contributed by atoms with van der Waals surface area (Å²) in [6.45, 7) is 2.26. The number of thiophene rings is 1. The third-order valence-electron chi connectivity index (χ3n) is 5.47. The highest BCUT2D eigenvalue weighted by atomic mass is 32.1. The fraction of sp³-hybridized carbons (Fsp3) is 0.125. The highest BCUT2D eigenvalue weighted by Crippen LogP contribution is 2.41. The molecule has 0 saturated heterocycles. The smallest absolute Gasteiger partial charge is 0.258 e. The highest BCUT2D eigenvalue weighted by molar-refractivity contribution is 7.14. The van der Waals surface area contributed by atoms with Gasteiger partial charge >= 0.3 is 0 Å². The Kier molecular flexibility index (Phi) is 5.07. The van der Waals surface area contributed by atoms with Crippen molar-refractivity contribution in [2.24, 2.45) is 0 Å². The summed E-state index contributed by atoms with van der Waals surface area (Å²) in [4.78, 5) is 28.4. The van der Waals surface area contributed by atoms with Crippen LogP contribution in [-0.2, 0) is 6.42 Å². The number of hydrogen-bond donors (Lipinski definition) is 1. The third kappa shape index (κ3) is 3.58. The number of fused-ring (bicyclic) bond motifs is 3. The zero-order chi connectivity index (χ0) is 22.2. The van der Waals surface area contributed by atoms with E-state index in [9.17, 15) is 14.0 Å². The van der Waals surface area contributed by atoms with Gasteiger partial charge < -0.3 is 14.7 Å². The van der Waals surface area contributed by atoms with E-state index in [-0.39, 0.29) is 11.5 Å². The molecule has 0 fully saturated rings. The summed E-state index contributed by atoms with van der Waals surface area (Å²) in [5.41, 5.74) is 3.75. The van der Waals surface area contributed by atoms with Crippen LogP contribution in [0.2, 0.25) is 0 Å². The van der Waals surface area contributed by atoms with E-state index in [1.54, 1.807) is 48.4 Å². The number of amides is 2. The first-order valence-electron chi connectivity index (χ1n) is 10.0. The number of aryl methyl sites for hydroxylation is 1.